The number of ether oxygens (including phenoxy) is 2. The van der Waals surface area contributed by atoms with Gasteiger partial charge in [-0.05, 0) is 41.5 Å². The van der Waals surface area contributed by atoms with Gasteiger partial charge in [-0.1, -0.05) is 125 Å². The van der Waals surface area contributed by atoms with Crippen LogP contribution in [-0.2, 0) is 4.74 Å². The first-order chi connectivity index (χ1) is 28.8. The summed E-state index contributed by atoms with van der Waals surface area (Å²) in [6, 6.07) is 0. The number of hydrogen-bond donors (Lipinski definition) is 0. The van der Waals surface area contributed by atoms with Crippen molar-refractivity contribution < 1.29 is 95.1 Å². The van der Waals surface area contributed by atoms with Gasteiger partial charge < -0.3 is 20.4 Å². The molecule has 24 heteroatoms. The molecule has 440 valence electrons. The summed E-state index contributed by atoms with van der Waals surface area (Å²) in [6.45, 7) is 27.0. The van der Waals surface area contributed by atoms with Gasteiger partial charge >= 0.3 is 0 Å². The van der Waals surface area contributed by atoms with Crippen LogP contribution in [-0.4, -0.2) is 92.1 Å². The Balaban J connectivity index is -0.0000000321. The Morgan fingerprint density at radius 1 is 0.408 bits per heavy atom. The van der Waals surface area contributed by atoms with E-state index in [1.807, 2.05) is 5.70 Å². The fourth-order valence-electron chi connectivity index (χ4n) is 2.21. The van der Waals surface area contributed by atoms with Gasteiger partial charge in [0.25, 0.3) is 0 Å². The van der Waals surface area contributed by atoms with E-state index in [-0.39, 0.29) is 103 Å². The molecule has 0 aliphatic rings. The van der Waals surface area contributed by atoms with Crippen molar-refractivity contribution in [3.63, 3.8) is 0 Å². The largest absolute Gasteiger partial charge is 0.870 e. The smallest absolute Gasteiger partial charge is 0.228 e. The molecule has 4 nitrogen and oxygen atoms in total. The van der Waals surface area contributed by atoms with Crippen molar-refractivity contribution in [1.29, 1.82) is 0 Å². The SMILES string of the molecule is C.C.C.C.C.C.C.C=C[Si](C)(C)CBr.C=C[Si](C)(C)COCF.C=Cc1c(F)c(F)c(F)c(F)c1F.C=Cc1c(F)c(F)c(OCF)c(F)c1F.CCF.CCF.CCF.CCF.CCF.CCF.[OH-].[OH-]. The Hall–Kier alpha value is -3.20. The predicted octanol–water partition coefficient (Wildman–Crippen LogP) is 20.4. The number of rotatable bonds is 10. The Morgan fingerprint density at radius 3 is 0.775 bits per heavy atom. The second kappa shape index (κ2) is 78.2. The fraction of sp³-hybridized carbons (Fsp3) is 0.574. The summed E-state index contributed by atoms with van der Waals surface area (Å²) in [5, 5.41) is 0. The van der Waals surface area contributed by atoms with Crippen molar-refractivity contribution in [3.05, 3.63) is 101 Å². The van der Waals surface area contributed by atoms with Crippen molar-refractivity contribution in [2.24, 2.45) is 0 Å². The average Bonchev–Trinajstić information content (AvgIpc) is 3.22. The van der Waals surface area contributed by atoms with Crippen LogP contribution in [0.25, 0.3) is 12.2 Å². The van der Waals surface area contributed by atoms with Crippen molar-refractivity contribution in [1.82, 2.24) is 0 Å². The quantitative estimate of drug-likeness (QED) is 0.0781. The lowest BCUT2D eigenvalue weighted by Gasteiger charge is -2.14. The molecule has 0 aliphatic heterocycles. The number of alkyl halides is 9. The van der Waals surface area contributed by atoms with E-state index in [0.717, 1.165) is 4.95 Å². The van der Waals surface area contributed by atoms with Gasteiger partial charge in [-0.2, -0.15) is 8.78 Å². The molecule has 2 aromatic carbocycles. The van der Waals surface area contributed by atoms with Crippen LogP contribution in [0.1, 0.15) is 105 Å². The molecule has 0 heterocycles. The lowest BCUT2D eigenvalue weighted by atomic mass is 10.1. The zero-order valence-corrected chi connectivity index (χ0v) is 41.3. The molecule has 0 aromatic heterocycles. The minimum absolute atomic E-state index is 0. The number of halogens is 18. The monoisotopic (exact) mass is 1180 g/mol. The van der Waals surface area contributed by atoms with Crippen LogP contribution in [0.3, 0.4) is 0 Å². The van der Waals surface area contributed by atoms with E-state index in [1.165, 1.54) is 41.5 Å². The van der Waals surface area contributed by atoms with E-state index in [0.29, 0.717) is 18.4 Å². The van der Waals surface area contributed by atoms with Gasteiger partial charge in [0.2, 0.25) is 24.3 Å². The number of hydrogen-bond acceptors (Lipinski definition) is 4. The third-order valence-corrected chi connectivity index (χ3v) is 13.3. The molecule has 2 rings (SSSR count). The zero-order chi connectivity index (χ0) is 51.2. The second-order valence-electron chi connectivity index (χ2n) is 11.2. The van der Waals surface area contributed by atoms with Gasteiger partial charge in [0.1, 0.15) is 8.07 Å². The van der Waals surface area contributed by atoms with E-state index < -0.39 is 99.1 Å². The van der Waals surface area contributed by atoms with Crippen molar-refractivity contribution in [3.8, 4) is 5.75 Å². The topological polar surface area (TPSA) is 78.5 Å². The maximum absolute atomic E-state index is 13.0. The van der Waals surface area contributed by atoms with Gasteiger partial charge in [0, 0.05) is 11.2 Å². The van der Waals surface area contributed by atoms with Crippen LogP contribution < -0.4 is 4.74 Å². The lowest BCUT2D eigenvalue weighted by Crippen LogP contribution is -2.29. The Labute approximate surface area is 429 Å². The van der Waals surface area contributed by atoms with Crippen LogP contribution >= 0.6 is 15.9 Å². The van der Waals surface area contributed by atoms with Crippen molar-refractivity contribution in [2.75, 3.05) is 65.0 Å². The van der Waals surface area contributed by atoms with Crippen LogP contribution in [0.4, 0.5) is 74.6 Å². The summed E-state index contributed by atoms with van der Waals surface area (Å²) >= 11 is 3.42. The molecule has 71 heavy (non-hydrogen) atoms. The van der Waals surface area contributed by atoms with Crippen molar-refractivity contribution in [2.45, 2.75) is 120 Å². The summed E-state index contributed by atoms with van der Waals surface area (Å²) in [5.74, 6) is -18.2. The molecule has 0 spiro atoms. The van der Waals surface area contributed by atoms with Gasteiger partial charge in [-0.15, -0.1) is 18.9 Å². The summed E-state index contributed by atoms with van der Waals surface area (Å²) in [5.41, 5.74) is 2.00. The maximum atomic E-state index is 13.0. The predicted molar refractivity (Wildman–Crippen MR) is 281 cm³/mol. The van der Waals surface area contributed by atoms with Gasteiger partial charge in [-0.3, -0.25) is 26.3 Å². The van der Waals surface area contributed by atoms with Gasteiger partial charge in [0.05, 0.1) is 59.2 Å². The van der Waals surface area contributed by atoms with E-state index >= 15 is 0 Å². The highest BCUT2D eigenvalue weighted by molar-refractivity contribution is 9.09. The molecule has 0 radical (unpaired) electrons. The first kappa shape index (κ1) is 117. The molecule has 0 saturated carbocycles. The highest BCUT2D eigenvalue weighted by Crippen LogP contribution is 2.30. The summed E-state index contributed by atoms with van der Waals surface area (Å²) < 4.78 is 207. The summed E-state index contributed by atoms with van der Waals surface area (Å²) in [7, 11) is -2.37. The Bertz CT molecular complexity index is 1350. The Morgan fingerprint density at radius 2 is 0.620 bits per heavy atom. The molecule has 0 fully saturated rings. The van der Waals surface area contributed by atoms with Gasteiger partial charge in [-0.25, -0.2) is 39.5 Å². The third kappa shape index (κ3) is 64.8. The van der Waals surface area contributed by atoms with Crippen LogP contribution in [0.15, 0.2) is 37.7 Å². The van der Waals surface area contributed by atoms with Crippen molar-refractivity contribution >= 4 is 44.2 Å². The molecule has 0 saturated heterocycles. The van der Waals surface area contributed by atoms with Crippen LogP contribution in [0.5, 0.6) is 5.75 Å². The molecule has 0 unspecified atom stereocenters. The minimum Gasteiger partial charge on any atom is -0.870 e. The fourth-order valence-corrected chi connectivity index (χ4v) is 3.72. The molecule has 0 atom stereocenters. The molecular formula is C47H92BrF17O4Si2-2. The normalized spacial score (nSPS) is 8.11. The molecule has 0 bridgehead atoms. The van der Waals surface area contributed by atoms with Crippen LogP contribution in [0, 0.1) is 52.4 Å². The molecule has 0 amide bonds. The number of benzene rings is 2. The molecule has 0 aliphatic carbocycles. The van der Waals surface area contributed by atoms with E-state index in [9.17, 15) is 74.6 Å². The lowest BCUT2D eigenvalue weighted by molar-refractivity contribution is 0.0859. The molecule has 2 aromatic rings. The third-order valence-electron chi connectivity index (χ3n) is 5.11. The summed E-state index contributed by atoms with van der Waals surface area (Å²) in [6.07, 6.45) is 1.71. The zero-order valence-electron chi connectivity index (χ0n) is 37.7. The molecular weight excluding hydrogens is 1090 g/mol. The summed E-state index contributed by atoms with van der Waals surface area (Å²) in [4.78, 5) is 1.13. The Kier molecular flexibility index (Phi) is 129. The average molecular weight is 1180 g/mol. The maximum Gasteiger partial charge on any atom is 0.228 e. The van der Waals surface area contributed by atoms with E-state index in [1.54, 1.807) is 0 Å². The second-order valence-corrected chi connectivity index (χ2v) is 22.2. The van der Waals surface area contributed by atoms with Crippen LogP contribution in [0.2, 0.25) is 26.2 Å². The van der Waals surface area contributed by atoms with E-state index in [4.69, 9.17) is 0 Å². The molecule has 2 N–H and O–H groups in total. The highest BCUT2D eigenvalue weighted by atomic mass is 79.9. The van der Waals surface area contributed by atoms with Gasteiger partial charge in [0.15, 0.2) is 47.5 Å². The first-order valence-corrected chi connectivity index (χ1v) is 25.6. The highest BCUT2D eigenvalue weighted by Gasteiger charge is 2.25. The first-order valence-electron chi connectivity index (χ1n) is 17.9. The standard InChI is InChI=1S/C9H5F5O.C8H3F5.C6H13FOSi.C5H11BrSi.6C2H5F.7CH4.2H2O/c1-2-4-5(11)7(13)9(15-3-10)8(14)6(4)12;1-2-3-4(9)6(11)8(13)7(12)5(3)10;1-4-9(2,3)6-8-5-7;1-4-7(2,3)5-6;6*1-2-3;;;;;;;;;/h2H,1,3H2;2H,1H2;4H,1,5-6H2,2-3H3;4H,1,5H2,2-3H3;6*2H2,1H3;7*1H4;2*1H2/p-2. The minimum atomic E-state index is -2.17. The van der Waals surface area contributed by atoms with E-state index in [2.05, 4.69) is 83.6 Å².